The quantitative estimate of drug-likeness (QED) is 0.409. The molecule has 1 aromatic rings. The van der Waals surface area contributed by atoms with E-state index in [2.05, 4.69) is 13.0 Å². The molecular formula is C16H22O3. The highest BCUT2D eigenvalue weighted by atomic mass is 16.6. The van der Waals surface area contributed by atoms with Crippen molar-refractivity contribution in [3.05, 3.63) is 35.4 Å². The van der Waals surface area contributed by atoms with Crippen molar-refractivity contribution < 1.29 is 14.3 Å². The Morgan fingerprint density at radius 3 is 2.95 bits per heavy atom. The molecule has 1 fully saturated rings. The molecule has 1 heterocycles. The van der Waals surface area contributed by atoms with Gasteiger partial charge in [-0.2, -0.15) is 0 Å². The minimum absolute atomic E-state index is 0.126. The van der Waals surface area contributed by atoms with Crippen LogP contribution in [-0.2, 0) is 15.9 Å². The SMILES string of the molecule is CCCCCCc1cccc(C(=O)OCC2CO2)c1. The number of aryl methyl sites for hydroxylation is 1. The Morgan fingerprint density at radius 1 is 1.37 bits per heavy atom. The number of hydrogen-bond donors (Lipinski definition) is 0. The van der Waals surface area contributed by atoms with E-state index in [0.717, 1.165) is 6.42 Å². The van der Waals surface area contributed by atoms with Crippen LogP contribution < -0.4 is 0 Å². The third kappa shape index (κ3) is 5.03. The lowest BCUT2D eigenvalue weighted by Gasteiger charge is -2.05. The lowest BCUT2D eigenvalue weighted by Crippen LogP contribution is -2.10. The standard InChI is InChI=1S/C16H22O3/c1-2-3-4-5-7-13-8-6-9-14(10-13)16(17)19-12-15-11-18-15/h6,8-10,15H,2-5,7,11-12H2,1H3. The van der Waals surface area contributed by atoms with Gasteiger partial charge >= 0.3 is 5.97 Å². The number of unbranched alkanes of at least 4 members (excludes halogenated alkanes) is 3. The molecule has 0 saturated carbocycles. The van der Waals surface area contributed by atoms with E-state index in [1.807, 2.05) is 18.2 Å². The van der Waals surface area contributed by atoms with Crippen LogP contribution in [0, 0.1) is 0 Å². The summed E-state index contributed by atoms with van der Waals surface area (Å²) in [6, 6.07) is 7.76. The van der Waals surface area contributed by atoms with Gasteiger partial charge < -0.3 is 9.47 Å². The lowest BCUT2D eigenvalue weighted by molar-refractivity contribution is 0.0476. The van der Waals surface area contributed by atoms with Crippen LogP contribution >= 0.6 is 0 Å². The summed E-state index contributed by atoms with van der Waals surface area (Å²) in [4.78, 5) is 11.8. The fourth-order valence-corrected chi connectivity index (χ4v) is 2.03. The van der Waals surface area contributed by atoms with E-state index in [-0.39, 0.29) is 12.1 Å². The normalized spacial score (nSPS) is 17.2. The van der Waals surface area contributed by atoms with Crippen molar-refractivity contribution >= 4 is 5.97 Å². The predicted octanol–water partition coefficient (Wildman–Crippen LogP) is 3.37. The van der Waals surface area contributed by atoms with Gasteiger partial charge in [0.05, 0.1) is 12.2 Å². The zero-order valence-electron chi connectivity index (χ0n) is 11.6. The van der Waals surface area contributed by atoms with Crippen LogP contribution in [0.1, 0.15) is 48.5 Å². The first kappa shape index (κ1) is 14.1. The first-order chi connectivity index (χ1) is 9.29. The molecule has 104 valence electrons. The summed E-state index contributed by atoms with van der Waals surface area (Å²) in [6.45, 7) is 3.30. The molecule has 19 heavy (non-hydrogen) atoms. The molecule has 1 aliphatic heterocycles. The number of esters is 1. The highest BCUT2D eigenvalue weighted by Crippen LogP contribution is 2.13. The number of rotatable bonds is 8. The van der Waals surface area contributed by atoms with Crippen molar-refractivity contribution in [2.24, 2.45) is 0 Å². The van der Waals surface area contributed by atoms with Gasteiger partial charge in [0.2, 0.25) is 0 Å². The molecule has 0 bridgehead atoms. The van der Waals surface area contributed by atoms with E-state index >= 15 is 0 Å². The second-order valence-corrected chi connectivity index (χ2v) is 5.06. The number of hydrogen-bond acceptors (Lipinski definition) is 3. The molecule has 0 aliphatic carbocycles. The minimum Gasteiger partial charge on any atom is -0.459 e. The van der Waals surface area contributed by atoms with Gasteiger partial charge in [0, 0.05) is 0 Å². The third-order valence-corrected chi connectivity index (χ3v) is 3.28. The summed E-state index contributed by atoms with van der Waals surface area (Å²) in [7, 11) is 0. The van der Waals surface area contributed by atoms with E-state index in [9.17, 15) is 4.79 Å². The zero-order chi connectivity index (χ0) is 13.5. The number of carbonyl (C=O) groups is 1. The monoisotopic (exact) mass is 262 g/mol. The molecule has 3 heteroatoms. The van der Waals surface area contributed by atoms with Crippen LogP contribution in [0.2, 0.25) is 0 Å². The molecule has 1 unspecified atom stereocenters. The van der Waals surface area contributed by atoms with Crippen molar-refractivity contribution in [3.63, 3.8) is 0 Å². The molecule has 3 nitrogen and oxygen atoms in total. The lowest BCUT2D eigenvalue weighted by atomic mass is 10.0. The van der Waals surface area contributed by atoms with Gasteiger partial charge in [0.25, 0.3) is 0 Å². The Hall–Kier alpha value is -1.35. The predicted molar refractivity (Wildman–Crippen MR) is 74.3 cm³/mol. The third-order valence-electron chi connectivity index (χ3n) is 3.28. The fourth-order valence-electron chi connectivity index (χ4n) is 2.03. The van der Waals surface area contributed by atoms with Crippen molar-refractivity contribution in [2.45, 2.75) is 45.1 Å². The average Bonchev–Trinajstić information content (AvgIpc) is 3.25. The molecule has 0 amide bonds. The summed E-state index contributed by atoms with van der Waals surface area (Å²) >= 11 is 0. The summed E-state index contributed by atoms with van der Waals surface area (Å²) < 4.78 is 10.2. The van der Waals surface area contributed by atoms with Gasteiger partial charge in [-0.05, 0) is 30.5 Å². The van der Waals surface area contributed by atoms with Crippen molar-refractivity contribution in [1.82, 2.24) is 0 Å². The Bertz CT molecular complexity index is 410. The number of ether oxygens (including phenoxy) is 2. The summed E-state index contributed by atoms with van der Waals surface area (Å²) in [5.41, 5.74) is 1.86. The summed E-state index contributed by atoms with van der Waals surface area (Å²) in [6.07, 6.45) is 6.12. The maximum Gasteiger partial charge on any atom is 0.338 e. The first-order valence-corrected chi connectivity index (χ1v) is 7.17. The van der Waals surface area contributed by atoms with E-state index in [1.165, 1.54) is 31.2 Å². The van der Waals surface area contributed by atoms with Crippen LogP contribution in [0.4, 0.5) is 0 Å². The number of benzene rings is 1. The van der Waals surface area contributed by atoms with Gasteiger partial charge in [0.1, 0.15) is 12.7 Å². The van der Waals surface area contributed by atoms with Crippen LogP contribution in [0.25, 0.3) is 0 Å². The van der Waals surface area contributed by atoms with Gasteiger partial charge in [-0.15, -0.1) is 0 Å². The maximum absolute atomic E-state index is 11.8. The highest BCUT2D eigenvalue weighted by molar-refractivity contribution is 5.89. The molecule has 1 aliphatic rings. The van der Waals surface area contributed by atoms with Crippen LogP contribution in [0.5, 0.6) is 0 Å². The second-order valence-electron chi connectivity index (χ2n) is 5.06. The molecule has 1 atom stereocenters. The summed E-state index contributed by atoms with van der Waals surface area (Å²) in [5.74, 6) is -0.245. The molecule has 1 saturated heterocycles. The molecule has 2 rings (SSSR count). The van der Waals surface area contributed by atoms with Gasteiger partial charge in [-0.1, -0.05) is 38.3 Å². The number of carbonyl (C=O) groups excluding carboxylic acids is 1. The minimum atomic E-state index is -0.245. The largest absolute Gasteiger partial charge is 0.459 e. The molecule has 0 aromatic heterocycles. The molecular weight excluding hydrogens is 240 g/mol. The molecule has 0 spiro atoms. The first-order valence-electron chi connectivity index (χ1n) is 7.17. The second kappa shape index (κ2) is 7.29. The highest BCUT2D eigenvalue weighted by Gasteiger charge is 2.24. The van der Waals surface area contributed by atoms with E-state index in [0.29, 0.717) is 18.8 Å². The van der Waals surface area contributed by atoms with Crippen molar-refractivity contribution in [3.8, 4) is 0 Å². The number of epoxide rings is 1. The molecule has 0 radical (unpaired) electrons. The fraction of sp³-hybridized carbons (Fsp3) is 0.562. The van der Waals surface area contributed by atoms with Crippen LogP contribution in [0.15, 0.2) is 24.3 Å². The van der Waals surface area contributed by atoms with Crippen LogP contribution in [0.3, 0.4) is 0 Å². The topological polar surface area (TPSA) is 38.8 Å². The Kier molecular flexibility index (Phi) is 5.40. The van der Waals surface area contributed by atoms with E-state index < -0.39 is 0 Å². The molecule has 1 aromatic carbocycles. The summed E-state index contributed by atoms with van der Waals surface area (Å²) in [5, 5.41) is 0. The zero-order valence-corrected chi connectivity index (χ0v) is 11.6. The van der Waals surface area contributed by atoms with E-state index in [1.54, 1.807) is 0 Å². The Balaban J connectivity index is 1.81. The van der Waals surface area contributed by atoms with Gasteiger partial charge in [-0.3, -0.25) is 0 Å². The maximum atomic E-state index is 11.8. The van der Waals surface area contributed by atoms with Crippen LogP contribution in [-0.4, -0.2) is 25.3 Å². The van der Waals surface area contributed by atoms with Crippen molar-refractivity contribution in [2.75, 3.05) is 13.2 Å². The Labute approximate surface area is 114 Å². The smallest absolute Gasteiger partial charge is 0.338 e. The van der Waals surface area contributed by atoms with Gasteiger partial charge in [-0.25, -0.2) is 4.79 Å². The van der Waals surface area contributed by atoms with Crippen molar-refractivity contribution in [1.29, 1.82) is 0 Å². The average molecular weight is 262 g/mol. The van der Waals surface area contributed by atoms with E-state index in [4.69, 9.17) is 9.47 Å². The van der Waals surface area contributed by atoms with Gasteiger partial charge in [0.15, 0.2) is 0 Å². The Morgan fingerprint density at radius 2 is 2.21 bits per heavy atom. The molecule has 0 N–H and O–H groups in total.